The fourth-order valence-corrected chi connectivity index (χ4v) is 5.94. The van der Waals surface area contributed by atoms with E-state index in [1.165, 1.54) is 51.4 Å². The summed E-state index contributed by atoms with van der Waals surface area (Å²) in [6, 6.07) is 0. The zero-order valence-electron chi connectivity index (χ0n) is 37.7. The maximum Gasteiger partial charge on any atom is 0.361 e. The molecule has 2 unspecified atom stereocenters. The maximum atomic E-state index is 12.8. The van der Waals surface area contributed by atoms with E-state index in [4.69, 9.17) is 18.9 Å². The Kier molecular flexibility index (Phi) is 38.6. The molecule has 0 radical (unpaired) electrons. The Labute approximate surface area is 355 Å². The highest BCUT2D eigenvalue weighted by Gasteiger charge is 2.25. The van der Waals surface area contributed by atoms with Crippen molar-refractivity contribution in [2.75, 3.05) is 47.5 Å². The SMILES string of the molecule is CC/C=C\C/C=C\C/C=C\CCCCCCCC(=O)OC(COC(=O)CCCCCCCCC/C=C\C/C=C\CCCCCC)COC(OCC[N+](C)(C)C)C(=O)O. The Balaban J connectivity index is 4.46. The molecule has 0 aliphatic rings. The third-order valence-corrected chi connectivity index (χ3v) is 9.51. The Morgan fingerprint density at radius 3 is 1.47 bits per heavy atom. The summed E-state index contributed by atoms with van der Waals surface area (Å²) in [7, 11) is 5.94. The second kappa shape index (κ2) is 40.8. The highest BCUT2D eigenvalue weighted by Crippen LogP contribution is 2.13. The van der Waals surface area contributed by atoms with Crippen molar-refractivity contribution in [3.05, 3.63) is 60.8 Å². The number of ether oxygens (including phenoxy) is 4. The van der Waals surface area contributed by atoms with Crippen molar-refractivity contribution in [2.24, 2.45) is 0 Å². The predicted molar refractivity (Wildman–Crippen MR) is 240 cm³/mol. The van der Waals surface area contributed by atoms with Crippen molar-refractivity contribution in [1.82, 2.24) is 0 Å². The van der Waals surface area contributed by atoms with Gasteiger partial charge in [-0.25, -0.2) is 4.79 Å². The normalized spacial score (nSPS) is 13.5. The Morgan fingerprint density at radius 1 is 0.534 bits per heavy atom. The molecule has 0 aliphatic heterocycles. The van der Waals surface area contributed by atoms with Gasteiger partial charge >= 0.3 is 17.9 Å². The van der Waals surface area contributed by atoms with E-state index in [0.29, 0.717) is 17.4 Å². The van der Waals surface area contributed by atoms with Gasteiger partial charge in [0, 0.05) is 12.8 Å². The average Bonchev–Trinajstić information content (AvgIpc) is 3.18. The number of hydrogen-bond donors (Lipinski definition) is 1. The highest BCUT2D eigenvalue weighted by atomic mass is 16.7. The number of hydrogen-bond acceptors (Lipinski definition) is 7. The van der Waals surface area contributed by atoms with Crippen LogP contribution in [0.2, 0.25) is 0 Å². The Morgan fingerprint density at radius 2 is 0.983 bits per heavy atom. The molecule has 0 rings (SSSR count). The van der Waals surface area contributed by atoms with Gasteiger partial charge in [0.1, 0.15) is 13.2 Å². The standard InChI is InChI=1S/C49H85NO8/c1-6-8-10-12-14-16-18-20-22-23-24-26-27-29-31-33-35-37-39-46(51)56-43-45(44-57-49(48(53)54)55-42-41-50(3,4)5)58-47(52)40-38-36-34-32-30-28-25-21-19-17-15-13-11-9-7-2/h9,11,15-18,21-23,25,45,49H,6-8,10,12-14,19-20,24,26-44H2,1-5H3/p+1/b11-9-,17-15-,18-16-,23-22-,25-21-. The zero-order valence-corrected chi connectivity index (χ0v) is 37.7. The van der Waals surface area contributed by atoms with Crippen LogP contribution in [0.3, 0.4) is 0 Å². The molecule has 334 valence electrons. The molecule has 0 aromatic heterocycles. The molecule has 0 aromatic rings. The van der Waals surface area contributed by atoms with Gasteiger partial charge < -0.3 is 28.5 Å². The number of carbonyl (C=O) groups excluding carboxylic acids is 2. The quantitative estimate of drug-likeness (QED) is 0.0214. The fourth-order valence-electron chi connectivity index (χ4n) is 5.94. The van der Waals surface area contributed by atoms with E-state index in [1.54, 1.807) is 0 Å². The van der Waals surface area contributed by atoms with Crippen molar-refractivity contribution in [3.63, 3.8) is 0 Å². The molecule has 0 aliphatic carbocycles. The van der Waals surface area contributed by atoms with Gasteiger partial charge in [-0.05, 0) is 77.0 Å². The van der Waals surface area contributed by atoms with Gasteiger partial charge in [-0.2, -0.15) is 0 Å². The number of aliphatic carboxylic acids is 1. The van der Waals surface area contributed by atoms with Crippen molar-refractivity contribution in [2.45, 2.75) is 187 Å². The summed E-state index contributed by atoms with van der Waals surface area (Å²) in [5.41, 5.74) is 0. The molecule has 0 saturated heterocycles. The lowest BCUT2D eigenvalue weighted by Gasteiger charge is -2.25. The number of carbonyl (C=O) groups is 3. The van der Waals surface area contributed by atoms with Gasteiger partial charge in [-0.1, -0.05) is 145 Å². The third kappa shape index (κ3) is 41.2. The first-order valence-corrected chi connectivity index (χ1v) is 23.0. The van der Waals surface area contributed by atoms with E-state index in [0.717, 1.165) is 89.9 Å². The molecule has 0 aromatic carbocycles. The molecule has 1 N–H and O–H groups in total. The van der Waals surface area contributed by atoms with Crippen LogP contribution in [0.25, 0.3) is 0 Å². The molecular formula is C49H86NO8+. The second-order valence-corrected chi connectivity index (χ2v) is 16.3. The summed E-state index contributed by atoms with van der Waals surface area (Å²) >= 11 is 0. The summed E-state index contributed by atoms with van der Waals surface area (Å²) in [5, 5.41) is 9.64. The first kappa shape index (κ1) is 55.0. The number of esters is 2. The lowest BCUT2D eigenvalue weighted by atomic mass is 10.1. The van der Waals surface area contributed by atoms with Gasteiger partial charge in [-0.3, -0.25) is 9.59 Å². The molecule has 0 saturated carbocycles. The Hall–Kier alpha value is -3.01. The maximum absolute atomic E-state index is 12.8. The van der Waals surface area contributed by atoms with Crippen LogP contribution in [0.5, 0.6) is 0 Å². The minimum Gasteiger partial charge on any atom is -0.477 e. The molecule has 0 fully saturated rings. The molecule has 9 heteroatoms. The molecular weight excluding hydrogens is 731 g/mol. The smallest absolute Gasteiger partial charge is 0.361 e. The van der Waals surface area contributed by atoms with Crippen LogP contribution in [-0.4, -0.2) is 87.4 Å². The number of carboxylic acids is 1. The van der Waals surface area contributed by atoms with Crippen LogP contribution in [0.4, 0.5) is 0 Å². The van der Waals surface area contributed by atoms with Gasteiger partial charge in [0.15, 0.2) is 6.10 Å². The van der Waals surface area contributed by atoms with Crippen LogP contribution in [-0.2, 0) is 33.3 Å². The number of quaternary nitrogens is 1. The van der Waals surface area contributed by atoms with Gasteiger partial charge in [0.25, 0.3) is 6.29 Å². The molecule has 0 bridgehead atoms. The minimum absolute atomic E-state index is 0.180. The molecule has 0 amide bonds. The third-order valence-electron chi connectivity index (χ3n) is 9.51. The van der Waals surface area contributed by atoms with Gasteiger partial charge in [-0.15, -0.1) is 0 Å². The molecule has 9 nitrogen and oxygen atoms in total. The van der Waals surface area contributed by atoms with Crippen molar-refractivity contribution in [3.8, 4) is 0 Å². The van der Waals surface area contributed by atoms with Crippen molar-refractivity contribution >= 4 is 17.9 Å². The van der Waals surface area contributed by atoms with Crippen LogP contribution in [0.15, 0.2) is 60.8 Å². The van der Waals surface area contributed by atoms with Crippen LogP contribution >= 0.6 is 0 Å². The van der Waals surface area contributed by atoms with E-state index in [9.17, 15) is 19.5 Å². The monoisotopic (exact) mass is 817 g/mol. The minimum atomic E-state index is -1.52. The molecule has 0 heterocycles. The van der Waals surface area contributed by atoms with Gasteiger partial charge in [0.05, 0.1) is 34.4 Å². The lowest BCUT2D eigenvalue weighted by Crippen LogP contribution is -2.40. The largest absolute Gasteiger partial charge is 0.477 e. The molecule has 58 heavy (non-hydrogen) atoms. The van der Waals surface area contributed by atoms with Crippen molar-refractivity contribution in [1.29, 1.82) is 0 Å². The summed E-state index contributed by atoms with van der Waals surface area (Å²) in [4.78, 5) is 37.1. The van der Waals surface area contributed by atoms with Crippen LogP contribution < -0.4 is 0 Å². The number of allylic oxidation sites excluding steroid dienone is 10. The second-order valence-electron chi connectivity index (χ2n) is 16.3. The summed E-state index contributed by atoms with van der Waals surface area (Å²) in [6.07, 6.45) is 45.6. The van der Waals surface area contributed by atoms with E-state index >= 15 is 0 Å². The zero-order chi connectivity index (χ0) is 42.8. The predicted octanol–water partition coefficient (Wildman–Crippen LogP) is 12.2. The van der Waals surface area contributed by atoms with E-state index in [2.05, 4.69) is 74.6 Å². The van der Waals surface area contributed by atoms with Crippen molar-refractivity contribution < 1.29 is 42.9 Å². The lowest BCUT2D eigenvalue weighted by molar-refractivity contribution is -0.870. The van der Waals surface area contributed by atoms with E-state index in [1.807, 2.05) is 21.1 Å². The van der Waals surface area contributed by atoms with E-state index < -0.39 is 24.3 Å². The summed E-state index contributed by atoms with van der Waals surface area (Å²) < 4.78 is 22.7. The van der Waals surface area contributed by atoms with E-state index in [-0.39, 0.29) is 38.6 Å². The first-order valence-electron chi connectivity index (χ1n) is 23.0. The highest BCUT2D eigenvalue weighted by molar-refractivity contribution is 5.71. The van der Waals surface area contributed by atoms with Gasteiger partial charge in [0.2, 0.25) is 0 Å². The topological polar surface area (TPSA) is 108 Å². The Bertz CT molecular complexity index is 1140. The number of likely N-dealkylation sites (N-methyl/N-ethyl adjacent to an activating group) is 1. The molecule has 0 spiro atoms. The first-order chi connectivity index (χ1) is 28.1. The van der Waals surface area contributed by atoms with Crippen LogP contribution in [0, 0.1) is 0 Å². The molecule has 2 atom stereocenters. The number of carboxylic acid groups (broad SMARTS) is 1. The van der Waals surface area contributed by atoms with Crippen LogP contribution in [0.1, 0.15) is 174 Å². The average molecular weight is 817 g/mol. The summed E-state index contributed by atoms with van der Waals surface area (Å²) in [5.74, 6) is -2.05. The number of unbranched alkanes of at least 4 members (excludes halogenated alkanes) is 16. The summed E-state index contributed by atoms with van der Waals surface area (Å²) in [6.45, 7) is 4.70. The number of rotatable bonds is 41. The fraction of sp³-hybridized carbons (Fsp3) is 0.735. The number of nitrogens with zero attached hydrogens (tertiary/aromatic N) is 1.